The molecule has 0 unspecified atom stereocenters. The zero-order valence-electron chi connectivity index (χ0n) is 11.5. The lowest BCUT2D eigenvalue weighted by molar-refractivity contribution is 0.103. The molecule has 108 valence electrons. The van der Waals surface area contributed by atoms with E-state index < -0.39 is 0 Å². The molecule has 3 aromatic rings. The van der Waals surface area contributed by atoms with Gasteiger partial charge in [-0.25, -0.2) is 4.98 Å². The standard InChI is InChI=1S/C15H13BrN2OS2/c1-8(2)9-3-4-10-12(7-9)21-15(17-10)18-14(19)11-5-6-13(16)20-11/h3-8H,1-2H3,(H,17,18,19). The maximum Gasteiger partial charge on any atom is 0.267 e. The summed E-state index contributed by atoms with van der Waals surface area (Å²) in [4.78, 5) is 17.3. The Hall–Kier alpha value is -1.24. The number of hydrogen-bond acceptors (Lipinski definition) is 4. The molecular formula is C15H13BrN2OS2. The minimum atomic E-state index is -0.117. The van der Waals surface area contributed by atoms with E-state index in [2.05, 4.69) is 52.2 Å². The Kier molecular flexibility index (Phi) is 4.10. The number of thiazole rings is 1. The molecule has 0 bridgehead atoms. The summed E-state index contributed by atoms with van der Waals surface area (Å²) < 4.78 is 2.04. The Morgan fingerprint density at radius 2 is 2.05 bits per heavy atom. The second-order valence-electron chi connectivity index (χ2n) is 4.96. The van der Waals surface area contributed by atoms with E-state index in [0.29, 0.717) is 15.9 Å². The zero-order valence-corrected chi connectivity index (χ0v) is 14.7. The molecule has 0 atom stereocenters. The first kappa shape index (κ1) is 14.7. The minimum absolute atomic E-state index is 0.117. The van der Waals surface area contributed by atoms with Crippen molar-refractivity contribution in [1.82, 2.24) is 4.98 Å². The molecule has 2 heterocycles. The molecular weight excluding hydrogens is 368 g/mol. The highest BCUT2D eigenvalue weighted by atomic mass is 79.9. The average Bonchev–Trinajstić information content (AvgIpc) is 3.03. The van der Waals surface area contributed by atoms with Crippen molar-refractivity contribution in [3.05, 3.63) is 44.6 Å². The lowest BCUT2D eigenvalue weighted by atomic mass is 10.0. The van der Waals surface area contributed by atoms with Gasteiger partial charge in [0.1, 0.15) is 0 Å². The Labute approximate surface area is 139 Å². The molecule has 1 amide bonds. The third-order valence-corrected chi connectivity index (χ3v) is 5.65. The van der Waals surface area contributed by atoms with E-state index in [1.165, 1.54) is 28.2 Å². The maximum absolute atomic E-state index is 12.1. The molecule has 0 radical (unpaired) electrons. The van der Waals surface area contributed by atoms with Crippen molar-refractivity contribution in [1.29, 1.82) is 0 Å². The number of carbonyl (C=O) groups is 1. The largest absolute Gasteiger partial charge is 0.297 e. The van der Waals surface area contributed by atoms with Crippen LogP contribution in [-0.4, -0.2) is 10.9 Å². The number of anilines is 1. The van der Waals surface area contributed by atoms with Crippen LogP contribution in [-0.2, 0) is 0 Å². The van der Waals surface area contributed by atoms with Gasteiger partial charge in [-0.1, -0.05) is 31.3 Å². The van der Waals surface area contributed by atoms with E-state index >= 15 is 0 Å². The first-order chi connectivity index (χ1) is 10.0. The molecule has 1 aromatic carbocycles. The highest BCUT2D eigenvalue weighted by molar-refractivity contribution is 9.11. The summed E-state index contributed by atoms with van der Waals surface area (Å²) >= 11 is 6.28. The van der Waals surface area contributed by atoms with Crippen LogP contribution in [0, 0.1) is 0 Å². The number of nitrogens with zero attached hydrogens (tertiary/aromatic N) is 1. The van der Waals surface area contributed by atoms with Crippen LogP contribution in [0.3, 0.4) is 0 Å². The van der Waals surface area contributed by atoms with Crippen molar-refractivity contribution >= 4 is 59.9 Å². The Morgan fingerprint density at radius 3 is 2.71 bits per heavy atom. The van der Waals surface area contributed by atoms with Crippen molar-refractivity contribution < 1.29 is 4.79 Å². The first-order valence-electron chi connectivity index (χ1n) is 6.50. The van der Waals surface area contributed by atoms with Gasteiger partial charge in [0.2, 0.25) is 0 Å². The molecule has 0 saturated heterocycles. The topological polar surface area (TPSA) is 42.0 Å². The highest BCUT2D eigenvalue weighted by Gasteiger charge is 2.12. The van der Waals surface area contributed by atoms with Crippen molar-refractivity contribution in [2.45, 2.75) is 19.8 Å². The molecule has 1 N–H and O–H groups in total. The second kappa shape index (κ2) is 5.87. The van der Waals surface area contributed by atoms with Crippen LogP contribution >= 0.6 is 38.6 Å². The van der Waals surface area contributed by atoms with E-state index in [-0.39, 0.29) is 5.91 Å². The van der Waals surface area contributed by atoms with Crippen LogP contribution in [0.1, 0.15) is 35.0 Å². The van der Waals surface area contributed by atoms with Crippen molar-refractivity contribution in [3.8, 4) is 0 Å². The van der Waals surface area contributed by atoms with E-state index in [4.69, 9.17) is 0 Å². The van der Waals surface area contributed by atoms with Gasteiger partial charge in [0.25, 0.3) is 5.91 Å². The fourth-order valence-corrected chi connectivity index (χ4v) is 4.14. The number of benzene rings is 1. The first-order valence-corrected chi connectivity index (χ1v) is 8.92. The number of fused-ring (bicyclic) bond motifs is 1. The molecule has 2 aromatic heterocycles. The SMILES string of the molecule is CC(C)c1ccc2nc(NC(=O)c3ccc(Br)s3)sc2c1. The molecule has 0 fully saturated rings. The third kappa shape index (κ3) is 3.17. The molecule has 0 spiro atoms. The summed E-state index contributed by atoms with van der Waals surface area (Å²) in [6.45, 7) is 4.33. The second-order valence-corrected chi connectivity index (χ2v) is 8.45. The summed E-state index contributed by atoms with van der Waals surface area (Å²) in [6.07, 6.45) is 0. The maximum atomic E-state index is 12.1. The van der Waals surface area contributed by atoms with E-state index in [1.807, 2.05) is 12.1 Å². The molecule has 0 aliphatic rings. The number of amides is 1. The molecule has 0 saturated carbocycles. The molecule has 3 rings (SSSR count). The predicted molar refractivity (Wildman–Crippen MR) is 93.7 cm³/mol. The van der Waals surface area contributed by atoms with Gasteiger partial charge >= 0.3 is 0 Å². The van der Waals surface area contributed by atoms with Gasteiger partial charge in [0, 0.05) is 0 Å². The van der Waals surface area contributed by atoms with Crippen LogP contribution in [0.5, 0.6) is 0 Å². The number of aromatic nitrogens is 1. The number of thiophene rings is 1. The third-order valence-electron chi connectivity index (χ3n) is 3.10. The summed E-state index contributed by atoms with van der Waals surface area (Å²) in [5.74, 6) is 0.367. The monoisotopic (exact) mass is 380 g/mol. The zero-order chi connectivity index (χ0) is 15.0. The number of halogens is 1. The number of hydrogen-bond donors (Lipinski definition) is 1. The van der Waals surface area contributed by atoms with Crippen molar-refractivity contribution in [2.24, 2.45) is 0 Å². The smallest absolute Gasteiger partial charge is 0.267 e. The Balaban J connectivity index is 1.86. The fourth-order valence-electron chi connectivity index (χ4n) is 1.95. The molecule has 6 heteroatoms. The van der Waals surface area contributed by atoms with E-state index in [0.717, 1.165) is 14.0 Å². The lowest BCUT2D eigenvalue weighted by Gasteiger charge is -2.03. The normalized spacial score (nSPS) is 11.2. The Bertz CT molecular complexity index is 807. The summed E-state index contributed by atoms with van der Waals surface area (Å²) in [6, 6.07) is 9.92. The van der Waals surface area contributed by atoms with Gasteiger partial charge in [-0.15, -0.1) is 11.3 Å². The summed E-state index contributed by atoms with van der Waals surface area (Å²) in [5.41, 5.74) is 2.21. The van der Waals surface area contributed by atoms with E-state index in [1.54, 1.807) is 6.07 Å². The van der Waals surface area contributed by atoms with Gasteiger partial charge in [-0.05, 0) is 51.7 Å². The predicted octanol–water partition coefficient (Wildman–Crippen LogP) is 5.50. The highest BCUT2D eigenvalue weighted by Crippen LogP contribution is 2.30. The number of carbonyl (C=O) groups excluding carboxylic acids is 1. The minimum Gasteiger partial charge on any atom is -0.297 e. The van der Waals surface area contributed by atoms with E-state index in [9.17, 15) is 4.79 Å². The Morgan fingerprint density at radius 1 is 1.24 bits per heavy atom. The van der Waals surface area contributed by atoms with Crippen LogP contribution in [0.2, 0.25) is 0 Å². The van der Waals surface area contributed by atoms with Crippen LogP contribution in [0.4, 0.5) is 5.13 Å². The molecule has 3 nitrogen and oxygen atoms in total. The lowest BCUT2D eigenvalue weighted by Crippen LogP contribution is -2.09. The number of nitrogens with one attached hydrogen (secondary N) is 1. The summed E-state index contributed by atoms with van der Waals surface area (Å²) in [7, 11) is 0. The van der Waals surface area contributed by atoms with Gasteiger partial charge < -0.3 is 0 Å². The molecule has 0 aliphatic heterocycles. The van der Waals surface area contributed by atoms with Crippen LogP contribution in [0.25, 0.3) is 10.2 Å². The van der Waals surface area contributed by atoms with Gasteiger partial charge in [-0.2, -0.15) is 0 Å². The molecule has 0 aliphatic carbocycles. The number of rotatable bonds is 3. The quantitative estimate of drug-likeness (QED) is 0.651. The van der Waals surface area contributed by atoms with Crippen LogP contribution < -0.4 is 5.32 Å². The van der Waals surface area contributed by atoms with Crippen molar-refractivity contribution in [3.63, 3.8) is 0 Å². The average molecular weight is 381 g/mol. The molecule has 21 heavy (non-hydrogen) atoms. The van der Waals surface area contributed by atoms with Gasteiger partial charge in [0.15, 0.2) is 5.13 Å². The van der Waals surface area contributed by atoms with Gasteiger partial charge in [-0.3, -0.25) is 10.1 Å². The summed E-state index contributed by atoms with van der Waals surface area (Å²) in [5, 5.41) is 3.51. The fraction of sp³-hybridized carbons (Fsp3) is 0.200. The van der Waals surface area contributed by atoms with Crippen molar-refractivity contribution in [2.75, 3.05) is 5.32 Å². The van der Waals surface area contributed by atoms with Crippen LogP contribution in [0.15, 0.2) is 34.1 Å². The van der Waals surface area contributed by atoms with Gasteiger partial charge in [0.05, 0.1) is 18.9 Å².